The van der Waals surface area contributed by atoms with Crippen LogP contribution >= 0.6 is 0 Å². The number of hydrogen-bond donors (Lipinski definition) is 0. The Hall–Kier alpha value is -1.89. The second-order valence-corrected chi connectivity index (χ2v) is 2.91. The van der Waals surface area contributed by atoms with Gasteiger partial charge >= 0.3 is 11.9 Å². The first-order valence-electron chi connectivity index (χ1n) is 4.69. The maximum atomic E-state index is 13.0. The lowest BCUT2D eigenvalue weighted by Crippen LogP contribution is -2.29. The molecule has 0 spiro atoms. The molecule has 0 amide bonds. The van der Waals surface area contributed by atoms with E-state index in [1.807, 2.05) is 0 Å². The summed E-state index contributed by atoms with van der Waals surface area (Å²) in [6.07, 6.45) is 0. The van der Waals surface area contributed by atoms with Crippen molar-refractivity contribution >= 4 is 5.97 Å². The van der Waals surface area contributed by atoms with E-state index >= 15 is 0 Å². The van der Waals surface area contributed by atoms with Crippen LogP contribution in [0.1, 0.15) is 12.5 Å². The molecule has 0 saturated heterocycles. The van der Waals surface area contributed by atoms with E-state index in [1.165, 1.54) is 6.92 Å². The molecule has 0 radical (unpaired) electrons. The number of carbonyl (C=O) groups is 1. The minimum absolute atomic E-state index is 0.0958. The zero-order chi connectivity index (χ0) is 12.0. The van der Waals surface area contributed by atoms with Gasteiger partial charge in [-0.05, 0) is 25.0 Å². The van der Waals surface area contributed by atoms with Crippen LogP contribution in [0.2, 0.25) is 0 Å². The third-order valence-corrected chi connectivity index (χ3v) is 1.67. The number of ether oxygens (including phenoxy) is 1. The maximum absolute atomic E-state index is 13.0. The van der Waals surface area contributed by atoms with Crippen molar-refractivity contribution in [2.75, 3.05) is 6.61 Å². The molecule has 0 saturated carbocycles. The average Bonchev–Trinajstić information content (AvgIpc) is 2.28. The van der Waals surface area contributed by atoms with Gasteiger partial charge in [-0.15, -0.1) is 0 Å². The standard InChI is InChI=1S/C12H10F2O2/c1-2-16-11(15)12(13,14)9-8-10-6-4-3-5-7-10/h3-7H,2H2,1H3. The van der Waals surface area contributed by atoms with Crippen LogP contribution in [0.4, 0.5) is 8.78 Å². The van der Waals surface area contributed by atoms with Crippen molar-refractivity contribution in [3.8, 4) is 11.8 Å². The van der Waals surface area contributed by atoms with Gasteiger partial charge in [-0.25, -0.2) is 4.79 Å². The second-order valence-electron chi connectivity index (χ2n) is 2.91. The molecule has 0 aliphatic carbocycles. The molecule has 0 atom stereocenters. The molecule has 1 rings (SSSR count). The van der Waals surface area contributed by atoms with Crippen molar-refractivity contribution < 1.29 is 18.3 Å². The lowest BCUT2D eigenvalue weighted by Gasteiger charge is -2.06. The Morgan fingerprint density at radius 2 is 2.00 bits per heavy atom. The molecule has 84 valence electrons. The van der Waals surface area contributed by atoms with Crippen LogP contribution in [0.25, 0.3) is 0 Å². The lowest BCUT2D eigenvalue weighted by molar-refractivity contribution is -0.163. The molecule has 0 fully saturated rings. The molecule has 0 unspecified atom stereocenters. The zero-order valence-electron chi connectivity index (χ0n) is 8.67. The summed E-state index contributed by atoms with van der Waals surface area (Å²) < 4.78 is 30.3. The first-order chi connectivity index (χ1) is 7.56. The SMILES string of the molecule is CCOC(=O)C(F)(F)C#Cc1ccccc1. The normalized spacial score (nSPS) is 10.2. The molecule has 0 heterocycles. The van der Waals surface area contributed by atoms with Crippen molar-refractivity contribution in [2.45, 2.75) is 12.8 Å². The summed E-state index contributed by atoms with van der Waals surface area (Å²) in [4.78, 5) is 10.8. The van der Waals surface area contributed by atoms with Crippen LogP contribution in [0.15, 0.2) is 30.3 Å². The summed E-state index contributed by atoms with van der Waals surface area (Å²) in [5, 5.41) is 0. The molecule has 2 nitrogen and oxygen atoms in total. The van der Waals surface area contributed by atoms with Gasteiger partial charge in [-0.3, -0.25) is 0 Å². The predicted molar refractivity (Wildman–Crippen MR) is 54.9 cm³/mol. The number of hydrogen-bond acceptors (Lipinski definition) is 2. The van der Waals surface area contributed by atoms with E-state index in [0.717, 1.165) is 0 Å². The minimum atomic E-state index is -3.76. The molecule has 0 N–H and O–H groups in total. The summed E-state index contributed by atoms with van der Waals surface area (Å²) in [5.41, 5.74) is 0.423. The van der Waals surface area contributed by atoms with Crippen LogP contribution in [0.5, 0.6) is 0 Å². The number of carbonyl (C=O) groups excluding carboxylic acids is 1. The molecule has 16 heavy (non-hydrogen) atoms. The van der Waals surface area contributed by atoms with Gasteiger partial charge in [-0.1, -0.05) is 24.1 Å². The van der Waals surface area contributed by atoms with Crippen LogP contribution in [0, 0.1) is 11.8 Å². The fraction of sp³-hybridized carbons (Fsp3) is 0.250. The van der Waals surface area contributed by atoms with Crippen molar-refractivity contribution in [1.82, 2.24) is 0 Å². The highest BCUT2D eigenvalue weighted by molar-refractivity contribution is 5.81. The van der Waals surface area contributed by atoms with E-state index in [-0.39, 0.29) is 6.61 Å². The Bertz CT molecular complexity index is 416. The van der Waals surface area contributed by atoms with Gasteiger partial charge in [0, 0.05) is 5.56 Å². The number of benzene rings is 1. The largest absolute Gasteiger partial charge is 0.461 e. The number of rotatable bonds is 2. The summed E-state index contributed by atoms with van der Waals surface area (Å²) in [7, 11) is 0. The number of alkyl halides is 2. The molecule has 1 aromatic rings. The van der Waals surface area contributed by atoms with Gasteiger partial charge in [0.25, 0.3) is 0 Å². The van der Waals surface area contributed by atoms with E-state index in [2.05, 4.69) is 10.7 Å². The Kier molecular flexibility index (Phi) is 4.01. The van der Waals surface area contributed by atoms with Crippen molar-refractivity contribution in [3.05, 3.63) is 35.9 Å². The molecular formula is C12H10F2O2. The zero-order valence-corrected chi connectivity index (χ0v) is 8.67. The molecular weight excluding hydrogens is 214 g/mol. The summed E-state index contributed by atoms with van der Waals surface area (Å²) in [5.74, 6) is -1.55. The van der Waals surface area contributed by atoms with E-state index in [1.54, 1.807) is 36.3 Å². The van der Waals surface area contributed by atoms with Gasteiger partial charge < -0.3 is 4.74 Å². The van der Waals surface area contributed by atoms with Crippen LogP contribution in [-0.4, -0.2) is 18.5 Å². The first-order valence-corrected chi connectivity index (χ1v) is 4.69. The lowest BCUT2D eigenvalue weighted by atomic mass is 10.2. The smallest absolute Gasteiger partial charge is 0.403 e. The summed E-state index contributed by atoms with van der Waals surface area (Å²) in [6.45, 7) is 1.36. The quantitative estimate of drug-likeness (QED) is 0.568. The van der Waals surface area contributed by atoms with Gasteiger partial charge in [0.05, 0.1) is 6.61 Å². The summed E-state index contributed by atoms with van der Waals surface area (Å²) in [6, 6.07) is 8.25. The Morgan fingerprint density at radius 3 is 2.56 bits per heavy atom. The molecule has 0 aliphatic rings. The molecule has 0 aliphatic heterocycles. The van der Waals surface area contributed by atoms with Crippen LogP contribution < -0.4 is 0 Å². The van der Waals surface area contributed by atoms with E-state index in [0.29, 0.717) is 5.56 Å². The third kappa shape index (κ3) is 3.35. The van der Waals surface area contributed by atoms with Gasteiger partial charge in [0.2, 0.25) is 0 Å². The van der Waals surface area contributed by atoms with E-state index < -0.39 is 11.9 Å². The molecule has 0 bridgehead atoms. The average molecular weight is 224 g/mol. The Labute approximate surface area is 92.2 Å². The number of esters is 1. The van der Waals surface area contributed by atoms with Crippen LogP contribution in [0.3, 0.4) is 0 Å². The van der Waals surface area contributed by atoms with Crippen molar-refractivity contribution in [3.63, 3.8) is 0 Å². The highest BCUT2D eigenvalue weighted by Crippen LogP contribution is 2.14. The fourth-order valence-corrected chi connectivity index (χ4v) is 0.945. The predicted octanol–water partition coefficient (Wildman–Crippen LogP) is 2.24. The fourth-order valence-electron chi connectivity index (χ4n) is 0.945. The van der Waals surface area contributed by atoms with Crippen LogP contribution in [-0.2, 0) is 9.53 Å². The maximum Gasteiger partial charge on any atom is 0.403 e. The van der Waals surface area contributed by atoms with Gasteiger partial charge in [-0.2, -0.15) is 8.78 Å². The highest BCUT2D eigenvalue weighted by Gasteiger charge is 2.38. The Morgan fingerprint density at radius 1 is 1.38 bits per heavy atom. The van der Waals surface area contributed by atoms with E-state index in [4.69, 9.17) is 0 Å². The van der Waals surface area contributed by atoms with Gasteiger partial charge in [0.1, 0.15) is 0 Å². The van der Waals surface area contributed by atoms with E-state index in [9.17, 15) is 13.6 Å². The first kappa shape index (κ1) is 12.2. The molecule has 4 heteroatoms. The molecule has 0 aromatic heterocycles. The topological polar surface area (TPSA) is 26.3 Å². The second kappa shape index (κ2) is 5.26. The monoisotopic (exact) mass is 224 g/mol. The van der Waals surface area contributed by atoms with Gasteiger partial charge in [0.15, 0.2) is 0 Å². The summed E-state index contributed by atoms with van der Waals surface area (Å²) >= 11 is 0. The minimum Gasteiger partial charge on any atom is -0.461 e. The Balaban J connectivity index is 2.80. The number of halogens is 2. The molecule has 1 aromatic carbocycles. The van der Waals surface area contributed by atoms with Crippen molar-refractivity contribution in [1.29, 1.82) is 0 Å². The third-order valence-electron chi connectivity index (χ3n) is 1.67. The highest BCUT2D eigenvalue weighted by atomic mass is 19.3. The van der Waals surface area contributed by atoms with Crippen molar-refractivity contribution in [2.24, 2.45) is 0 Å².